The van der Waals surface area contributed by atoms with Crippen LogP contribution in [0.5, 0.6) is 5.75 Å². The molecule has 0 bridgehead atoms. The summed E-state index contributed by atoms with van der Waals surface area (Å²) in [4.78, 5) is 12.3. The Bertz CT molecular complexity index is 423. The quantitative estimate of drug-likeness (QED) is 0.837. The molecule has 1 N–H and O–H groups in total. The number of hydrogen-bond acceptors (Lipinski definition) is 2. The van der Waals surface area contributed by atoms with Crippen molar-refractivity contribution in [1.29, 1.82) is 0 Å². The summed E-state index contributed by atoms with van der Waals surface area (Å²) < 4.78 is 5.14. The molecule has 0 fully saturated rings. The summed E-state index contributed by atoms with van der Waals surface area (Å²) in [6.07, 6.45) is 0. The minimum absolute atomic E-state index is 0.181. The SMILES string of the molecule is COc1ccc(Cl)cc1C(=O)NCC(Br)C(C)C. The first-order valence-electron chi connectivity index (χ1n) is 5.71. The van der Waals surface area contributed by atoms with E-state index in [2.05, 4.69) is 35.1 Å². The fraction of sp³-hybridized carbons (Fsp3) is 0.462. The number of amides is 1. The predicted octanol–water partition coefficient (Wildman–Crippen LogP) is 3.50. The molecule has 0 aliphatic rings. The average molecular weight is 335 g/mol. The van der Waals surface area contributed by atoms with Gasteiger partial charge in [0.1, 0.15) is 5.75 Å². The molecule has 5 heteroatoms. The molecule has 18 heavy (non-hydrogen) atoms. The highest BCUT2D eigenvalue weighted by atomic mass is 79.9. The molecule has 0 heterocycles. The van der Waals surface area contributed by atoms with Crippen molar-refractivity contribution in [3.05, 3.63) is 28.8 Å². The Morgan fingerprint density at radius 2 is 2.17 bits per heavy atom. The lowest BCUT2D eigenvalue weighted by molar-refractivity contribution is 0.0950. The summed E-state index contributed by atoms with van der Waals surface area (Å²) in [5.41, 5.74) is 0.452. The number of halogens is 2. The summed E-state index contributed by atoms with van der Waals surface area (Å²) >= 11 is 9.41. The number of hydrogen-bond donors (Lipinski definition) is 1. The Morgan fingerprint density at radius 3 is 2.72 bits per heavy atom. The normalized spacial score (nSPS) is 12.3. The van der Waals surface area contributed by atoms with E-state index >= 15 is 0 Å². The van der Waals surface area contributed by atoms with Crippen LogP contribution in [-0.2, 0) is 0 Å². The molecule has 0 saturated heterocycles. The molecule has 0 aliphatic carbocycles. The number of nitrogens with one attached hydrogen (secondary N) is 1. The van der Waals surface area contributed by atoms with Crippen molar-refractivity contribution in [3.8, 4) is 5.75 Å². The third kappa shape index (κ3) is 4.18. The lowest BCUT2D eigenvalue weighted by atomic mass is 10.1. The second-order valence-electron chi connectivity index (χ2n) is 4.31. The van der Waals surface area contributed by atoms with E-state index in [9.17, 15) is 4.79 Å². The van der Waals surface area contributed by atoms with E-state index in [4.69, 9.17) is 16.3 Å². The van der Waals surface area contributed by atoms with Gasteiger partial charge in [-0.1, -0.05) is 41.4 Å². The standard InChI is InChI=1S/C13H17BrClNO2/c1-8(2)11(14)7-16-13(17)10-6-9(15)4-5-12(10)18-3/h4-6,8,11H,7H2,1-3H3,(H,16,17). The van der Waals surface area contributed by atoms with Crippen LogP contribution in [0.4, 0.5) is 0 Å². The van der Waals surface area contributed by atoms with E-state index in [0.29, 0.717) is 28.8 Å². The maximum Gasteiger partial charge on any atom is 0.255 e. The van der Waals surface area contributed by atoms with Crippen LogP contribution in [0.25, 0.3) is 0 Å². The first kappa shape index (κ1) is 15.3. The molecule has 0 aromatic heterocycles. The van der Waals surface area contributed by atoms with Gasteiger partial charge in [0, 0.05) is 16.4 Å². The van der Waals surface area contributed by atoms with Gasteiger partial charge in [-0.25, -0.2) is 0 Å². The van der Waals surface area contributed by atoms with Crippen molar-refractivity contribution in [2.75, 3.05) is 13.7 Å². The molecule has 0 saturated carbocycles. The topological polar surface area (TPSA) is 38.3 Å². The number of carbonyl (C=O) groups excluding carboxylic acids is 1. The smallest absolute Gasteiger partial charge is 0.255 e. The van der Waals surface area contributed by atoms with Gasteiger partial charge >= 0.3 is 0 Å². The minimum atomic E-state index is -0.181. The summed E-state index contributed by atoms with van der Waals surface area (Å²) in [5.74, 6) is 0.790. The zero-order valence-electron chi connectivity index (χ0n) is 10.7. The maximum atomic E-state index is 12.0. The van der Waals surface area contributed by atoms with Crippen molar-refractivity contribution >= 4 is 33.4 Å². The predicted molar refractivity (Wildman–Crippen MR) is 77.9 cm³/mol. The third-order valence-electron chi connectivity index (χ3n) is 2.59. The van der Waals surface area contributed by atoms with Crippen LogP contribution >= 0.6 is 27.5 Å². The van der Waals surface area contributed by atoms with E-state index in [0.717, 1.165) is 0 Å². The van der Waals surface area contributed by atoms with Crippen molar-refractivity contribution < 1.29 is 9.53 Å². The van der Waals surface area contributed by atoms with Gasteiger partial charge in [0.05, 0.1) is 12.7 Å². The molecule has 0 aliphatic heterocycles. The molecule has 1 aromatic carbocycles. The van der Waals surface area contributed by atoms with Crippen molar-refractivity contribution in [1.82, 2.24) is 5.32 Å². The molecule has 0 spiro atoms. The van der Waals surface area contributed by atoms with Gasteiger partial charge in [-0.2, -0.15) is 0 Å². The van der Waals surface area contributed by atoms with Gasteiger partial charge in [-0.3, -0.25) is 4.79 Å². The van der Waals surface area contributed by atoms with Crippen molar-refractivity contribution in [2.45, 2.75) is 18.7 Å². The lowest BCUT2D eigenvalue weighted by Crippen LogP contribution is -2.31. The largest absolute Gasteiger partial charge is 0.496 e. The van der Waals surface area contributed by atoms with Gasteiger partial charge in [-0.15, -0.1) is 0 Å². The zero-order chi connectivity index (χ0) is 13.7. The van der Waals surface area contributed by atoms with Gasteiger partial charge in [0.25, 0.3) is 5.91 Å². The van der Waals surface area contributed by atoms with E-state index < -0.39 is 0 Å². The monoisotopic (exact) mass is 333 g/mol. The van der Waals surface area contributed by atoms with Crippen LogP contribution in [0.15, 0.2) is 18.2 Å². The Hall–Kier alpha value is -0.740. The molecule has 1 unspecified atom stereocenters. The summed E-state index contributed by atoms with van der Waals surface area (Å²) in [7, 11) is 1.53. The Labute approximate surface area is 121 Å². The fourth-order valence-electron chi connectivity index (χ4n) is 1.38. The second-order valence-corrected chi connectivity index (χ2v) is 5.93. The second kappa shape index (κ2) is 7.00. The third-order valence-corrected chi connectivity index (χ3v) is 4.20. The van der Waals surface area contributed by atoms with Crippen LogP contribution in [0.2, 0.25) is 5.02 Å². The highest BCUT2D eigenvalue weighted by molar-refractivity contribution is 9.09. The van der Waals surface area contributed by atoms with Crippen LogP contribution in [-0.4, -0.2) is 24.4 Å². The highest BCUT2D eigenvalue weighted by Gasteiger charge is 2.15. The first-order valence-corrected chi connectivity index (χ1v) is 7.01. The van der Waals surface area contributed by atoms with Crippen molar-refractivity contribution in [2.24, 2.45) is 5.92 Å². The molecule has 3 nitrogen and oxygen atoms in total. The van der Waals surface area contributed by atoms with Crippen LogP contribution < -0.4 is 10.1 Å². The van der Waals surface area contributed by atoms with Crippen LogP contribution in [0.1, 0.15) is 24.2 Å². The van der Waals surface area contributed by atoms with Gasteiger partial charge < -0.3 is 10.1 Å². The lowest BCUT2D eigenvalue weighted by Gasteiger charge is -2.15. The molecule has 1 rings (SSSR count). The zero-order valence-corrected chi connectivity index (χ0v) is 13.0. The van der Waals surface area contributed by atoms with E-state index in [-0.39, 0.29) is 10.7 Å². The number of rotatable bonds is 5. The number of alkyl halides is 1. The minimum Gasteiger partial charge on any atom is -0.496 e. The molecular weight excluding hydrogens is 318 g/mol. The summed E-state index contributed by atoms with van der Waals surface area (Å²) in [6.45, 7) is 4.74. The number of carbonyl (C=O) groups is 1. The Morgan fingerprint density at radius 1 is 1.50 bits per heavy atom. The Kier molecular flexibility index (Phi) is 5.96. The number of benzene rings is 1. The molecule has 0 radical (unpaired) electrons. The fourth-order valence-corrected chi connectivity index (χ4v) is 1.71. The number of methoxy groups -OCH3 is 1. The molecule has 100 valence electrons. The molecule has 1 amide bonds. The highest BCUT2D eigenvalue weighted by Crippen LogP contribution is 2.22. The Balaban J connectivity index is 2.75. The van der Waals surface area contributed by atoms with Crippen LogP contribution in [0.3, 0.4) is 0 Å². The van der Waals surface area contributed by atoms with Gasteiger partial charge in [0.15, 0.2) is 0 Å². The first-order chi connectivity index (χ1) is 8.45. The molecule has 1 aromatic rings. The maximum absolute atomic E-state index is 12.0. The van der Waals surface area contributed by atoms with E-state index in [1.54, 1.807) is 18.2 Å². The van der Waals surface area contributed by atoms with E-state index in [1.807, 2.05) is 0 Å². The average Bonchev–Trinajstić information content (AvgIpc) is 2.35. The van der Waals surface area contributed by atoms with Crippen molar-refractivity contribution in [3.63, 3.8) is 0 Å². The van der Waals surface area contributed by atoms with Gasteiger partial charge in [-0.05, 0) is 24.1 Å². The molecule has 1 atom stereocenters. The molecular formula is C13H17BrClNO2. The van der Waals surface area contributed by atoms with Crippen LogP contribution in [0, 0.1) is 5.92 Å². The van der Waals surface area contributed by atoms with E-state index in [1.165, 1.54) is 7.11 Å². The summed E-state index contributed by atoms with van der Waals surface area (Å²) in [6, 6.07) is 4.98. The van der Waals surface area contributed by atoms with Gasteiger partial charge in [0.2, 0.25) is 0 Å². The number of ether oxygens (including phenoxy) is 1. The summed E-state index contributed by atoms with van der Waals surface area (Å²) in [5, 5.41) is 3.37.